The molecule has 152 valence electrons. The van der Waals surface area contributed by atoms with Crippen molar-refractivity contribution in [2.24, 2.45) is 0 Å². The molecule has 2 aromatic carbocycles. The molecule has 0 saturated heterocycles. The zero-order valence-corrected chi connectivity index (χ0v) is 16.9. The molecule has 0 saturated carbocycles. The standard InChI is InChI=1S/C23H26N2O4/c1-3-4-5-6-11-21(26)24(17-12-14-18(29-2)15-13-17)16-25-22(27)19-9-7-8-10-20(19)23(25)28/h7-10,12-15H,3-6,11,16H2,1-2H3. The lowest BCUT2D eigenvalue weighted by molar-refractivity contribution is -0.119. The second kappa shape index (κ2) is 9.37. The van der Waals surface area contributed by atoms with Gasteiger partial charge in [0.1, 0.15) is 12.4 Å². The quantitative estimate of drug-likeness (QED) is 0.471. The summed E-state index contributed by atoms with van der Waals surface area (Å²) in [5.74, 6) is -0.182. The second-order valence-corrected chi connectivity index (χ2v) is 7.06. The number of methoxy groups -OCH3 is 1. The van der Waals surface area contributed by atoms with E-state index in [1.165, 1.54) is 4.90 Å². The molecule has 29 heavy (non-hydrogen) atoms. The lowest BCUT2D eigenvalue weighted by atomic mass is 10.1. The van der Waals surface area contributed by atoms with Crippen LogP contribution in [0.25, 0.3) is 0 Å². The van der Waals surface area contributed by atoms with Crippen molar-refractivity contribution in [1.29, 1.82) is 0 Å². The van der Waals surface area contributed by atoms with Crippen LogP contribution < -0.4 is 9.64 Å². The van der Waals surface area contributed by atoms with Gasteiger partial charge < -0.3 is 4.74 Å². The molecular formula is C23H26N2O4. The lowest BCUT2D eigenvalue weighted by Crippen LogP contribution is -2.44. The number of carbonyl (C=O) groups excluding carboxylic acids is 3. The zero-order valence-electron chi connectivity index (χ0n) is 16.9. The van der Waals surface area contributed by atoms with Crippen molar-refractivity contribution in [3.05, 3.63) is 59.7 Å². The first-order chi connectivity index (χ1) is 14.1. The number of rotatable bonds is 9. The molecule has 6 nitrogen and oxygen atoms in total. The van der Waals surface area contributed by atoms with Crippen LogP contribution in [0.1, 0.15) is 59.7 Å². The predicted molar refractivity (Wildman–Crippen MR) is 111 cm³/mol. The molecule has 2 aromatic rings. The SMILES string of the molecule is CCCCCCC(=O)N(CN1C(=O)c2ccccc2C1=O)c1ccc(OC)cc1. The van der Waals surface area contributed by atoms with Gasteiger partial charge in [-0.2, -0.15) is 0 Å². The number of carbonyl (C=O) groups is 3. The molecule has 0 aromatic heterocycles. The fraction of sp³-hybridized carbons (Fsp3) is 0.348. The Hall–Kier alpha value is -3.15. The fourth-order valence-electron chi connectivity index (χ4n) is 3.41. The number of nitrogens with zero attached hydrogens (tertiary/aromatic N) is 2. The summed E-state index contributed by atoms with van der Waals surface area (Å²) in [6.07, 6.45) is 4.29. The average Bonchev–Trinajstić information content (AvgIpc) is 2.99. The Balaban J connectivity index is 1.82. The first-order valence-corrected chi connectivity index (χ1v) is 9.96. The lowest BCUT2D eigenvalue weighted by Gasteiger charge is -2.27. The third-order valence-electron chi connectivity index (χ3n) is 5.09. The summed E-state index contributed by atoms with van der Waals surface area (Å²) >= 11 is 0. The molecule has 0 atom stereocenters. The monoisotopic (exact) mass is 394 g/mol. The topological polar surface area (TPSA) is 66.9 Å². The minimum Gasteiger partial charge on any atom is -0.497 e. The van der Waals surface area contributed by atoms with E-state index in [0.29, 0.717) is 29.0 Å². The molecule has 3 rings (SSSR count). The van der Waals surface area contributed by atoms with Crippen molar-refractivity contribution in [2.75, 3.05) is 18.7 Å². The number of amides is 3. The Labute approximate surface area is 171 Å². The Morgan fingerprint density at radius 3 is 2.10 bits per heavy atom. The van der Waals surface area contributed by atoms with Crippen molar-refractivity contribution < 1.29 is 19.1 Å². The van der Waals surface area contributed by atoms with Crippen molar-refractivity contribution in [3.63, 3.8) is 0 Å². The largest absolute Gasteiger partial charge is 0.497 e. The fourth-order valence-corrected chi connectivity index (χ4v) is 3.41. The van der Waals surface area contributed by atoms with Crippen LogP contribution in [-0.2, 0) is 4.79 Å². The molecule has 0 bridgehead atoms. The summed E-state index contributed by atoms with van der Waals surface area (Å²) in [6, 6.07) is 13.8. The van der Waals surface area contributed by atoms with Gasteiger partial charge >= 0.3 is 0 Å². The van der Waals surface area contributed by atoms with Crippen molar-refractivity contribution >= 4 is 23.4 Å². The summed E-state index contributed by atoms with van der Waals surface area (Å²) in [5, 5.41) is 0. The van der Waals surface area contributed by atoms with E-state index in [0.717, 1.165) is 30.6 Å². The molecule has 0 fully saturated rings. The molecule has 1 heterocycles. The predicted octanol–water partition coefficient (Wildman–Crippen LogP) is 4.25. The van der Waals surface area contributed by atoms with E-state index in [9.17, 15) is 14.4 Å². The third kappa shape index (κ3) is 4.47. The Morgan fingerprint density at radius 2 is 1.55 bits per heavy atom. The van der Waals surface area contributed by atoms with Crippen molar-refractivity contribution in [1.82, 2.24) is 4.90 Å². The summed E-state index contributed by atoms with van der Waals surface area (Å²) in [5.41, 5.74) is 1.38. The maximum absolute atomic E-state index is 13.0. The number of fused-ring (bicyclic) bond motifs is 1. The minimum absolute atomic E-state index is 0.106. The average molecular weight is 394 g/mol. The minimum atomic E-state index is -0.372. The molecule has 1 aliphatic rings. The number of benzene rings is 2. The normalized spacial score (nSPS) is 12.8. The highest BCUT2D eigenvalue weighted by atomic mass is 16.5. The number of anilines is 1. The summed E-state index contributed by atoms with van der Waals surface area (Å²) in [6.45, 7) is 2.01. The highest BCUT2D eigenvalue weighted by molar-refractivity contribution is 6.21. The maximum Gasteiger partial charge on any atom is 0.263 e. The third-order valence-corrected chi connectivity index (χ3v) is 5.09. The van der Waals surface area contributed by atoms with E-state index < -0.39 is 0 Å². The van der Waals surface area contributed by atoms with E-state index in [-0.39, 0.29) is 24.4 Å². The number of unbranched alkanes of at least 4 members (excludes halogenated alkanes) is 3. The molecule has 6 heteroatoms. The van der Waals surface area contributed by atoms with Crippen LogP contribution in [-0.4, -0.2) is 36.4 Å². The van der Waals surface area contributed by atoms with Gasteiger partial charge in [-0.3, -0.25) is 24.2 Å². The molecule has 0 unspecified atom stereocenters. The van der Waals surface area contributed by atoms with Crippen molar-refractivity contribution in [2.45, 2.75) is 39.0 Å². The van der Waals surface area contributed by atoms with Crippen LogP contribution in [0.15, 0.2) is 48.5 Å². The van der Waals surface area contributed by atoms with Gasteiger partial charge in [-0.05, 0) is 42.8 Å². The number of imide groups is 1. The molecule has 1 aliphatic heterocycles. The first kappa shape index (κ1) is 20.6. The number of hydrogen-bond acceptors (Lipinski definition) is 4. The van der Waals surface area contributed by atoms with Crippen molar-refractivity contribution in [3.8, 4) is 5.75 Å². The van der Waals surface area contributed by atoms with E-state index >= 15 is 0 Å². The number of hydrogen-bond donors (Lipinski definition) is 0. The highest BCUT2D eigenvalue weighted by Gasteiger charge is 2.37. The highest BCUT2D eigenvalue weighted by Crippen LogP contribution is 2.26. The van der Waals surface area contributed by atoms with Gasteiger partial charge in [0.2, 0.25) is 5.91 Å². The Bertz CT molecular complexity index is 857. The molecular weight excluding hydrogens is 368 g/mol. The van der Waals surface area contributed by atoms with E-state index in [1.807, 2.05) is 0 Å². The van der Waals surface area contributed by atoms with Crippen LogP contribution in [0.5, 0.6) is 5.75 Å². The van der Waals surface area contributed by atoms with E-state index in [4.69, 9.17) is 4.74 Å². The zero-order chi connectivity index (χ0) is 20.8. The second-order valence-electron chi connectivity index (χ2n) is 7.06. The van der Waals surface area contributed by atoms with Gasteiger partial charge in [-0.25, -0.2) is 0 Å². The van der Waals surface area contributed by atoms with Crippen LogP contribution >= 0.6 is 0 Å². The van der Waals surface area contributed by atoms with Crippen LogP contribution in [0, 0.1) is 0 Å². The van der Waals surface area contributed by atoms with Gasteiger partial charge in [0.15, 0.2) is 0 Å². The summed E-state index contributed by atoms with van der Waals surface area (Å²) < 4.78 is 5.19. The summed E-state index contributed by atoms with van der Waals surface area (Å²) in [7, 11) is 1.57. The molecule has 0 spiro atoms. The van der Waals surface area contributed by atoms with Crippen LogP contribution in [0.4, 0.5) is 5.69 Å². The molecule has 3 amide bonds. The van der Waals surface area contributed by atoms with Gasteiger partial charge in [0, 0.05) is 12.1 Å². The number of ether oxygens (including phenoxy) is 1. The van der Waals surface area contributed by atoms with E-state index in [2.05, 4.69) is 6.92 Å². The Morgan fingerprint density at radius 1 is 0.931 bits per heavy atom. The molecule has 0 aliphatic carbocycles. The van der Waals surface area contributed by atoms with Crippen LogP contribution in [0.3, 0.4) is 0 Å². The Kier molecular flexibility index (Phi) is 6.65. The summed E-state index contributed by atoms with van der Waals surface area (Å²) in [4.78, 5) is 41.1. The molecule has 0 radical (unpaired) electrons. The van der Waals surface area contributed by atoms with Gasteiger partial charge in [-0.1, -0.05) is 38.3 Å². The van der Waals surface area contributed by atoms with Gasteiger partial charge in [0.05, 0.1) is 18.2 Å². The molecule has 0 N–H and O–H groups in total. The first-order valence-electron chi connectivity index (χ1n) is 9.96. The van der Waals surface area contributed by atoms with Gasteiger partial charge in [-0.15, -0.1) is 0 Å². The van der Waals surface area contributed by atoms with Gasteiger partial charge in [0.25, 0.3) is 11.8 Å². The van der Waals surface area contributed by atoms with E-state index in [1.54, 1.807) is 55.6 Å². The smallest absolute Gasteiger partial charge is 0.263 e. The van der Waals surface area contributed by atoms with Crippen LogP contribution in [0.2, 0.25) is 0 Å². The maximum atomic E-state index is 13.0.